The van der Waals surface area contributed by atoms with E-state index in [4.69, 9.17) is 5.73 Å². The Labute approximate surface area is 128 Å². The second kappa shape index (κ2) is 7.19. The number of halogens is 1. The molecule has 1 unspecified atom stereocenters. The lowest BCUT2D eigenvalue weighted by Crippen LogP contribution is -2.42. The van der Waals surface area contributed by atoms with Gasteiger partial charge in [-0.3, -0.25) is 4.79 Å². The normalized spacial score (nSPS) is 14.6. The fourth-order valence-electron chi connectivity index (χ4n) is 1.65. The molecular weight excluding hydrogens is 344 g/mol. The van der Waals surface area contributed by atoms with Crippen LogP contribution in [0.15, 0.2) is 28.7 Å². The summed E-state index contributed by atoms with van der Waals surface area (Å²) in [6, 6.07) is 6.58. The summed E-state index contributed by atoms with van der Waals surface area (Å²) in [6.07, 6.45) is 1.25. The van der Waals surface area contributed by atoms with E-state index < -0.39 is 15.9 Å². The van der Waals surface area contributed by atoms with Crippen LogP contribution < -0.4 is 11.1 Å². The van der Waals surface area contributed by atoms with Crippen molar-refractivity contribution in [3.05, 3.63) is 34.3 Å². The van der Waals surface area contributed by atoms with Crippen molar-refractivity contribution in [1.82, 2.24) is 5.32 Å². The number of hydrogen-bond acceptors (Lipinski definition) is 4. The number of benzene rings is 1. The molecule has 20 heavy (non-hydrogen) atoms. The van der Waals surface area contributed by atoms with Crippen LogP contribution in [-0.4, -0.2) is 32.4 Å². The Hall–Kier alpha value is -0.920. The summed E-state index contributed by atoms with van der Waals surface area (Å²) in [4.78, 5) is 11.9. The zero-order valence-electron chi connectivity index (χ0n) is 11.5. The lowest BCUT2D eigenvalue weighted by atomic mass is 10.1. The molecule has 1 aromatic carbocycles. The molecule has 0 radical (unpaired) electrons. The second-order valence-electron chi connectivity index (χ2n) is 4.81. The van der Waals surface area contributed by atoms with Gasteiger partial charge >= 0.3 is 0 Å². The summed E-state index contributed by atoms with van der Waals surface area (Å²) in [5, 5.41) is 2.78. The average Bonchev–Trinajstić information content (AvgIpc) is 2.34. The summed E-state index contributed by atoms with van der Waals surface area (Å²) < 4.78 is 23.0. The Morgan fingerprint density at radius 3 is 2.65 bits per heavy atom. The standard InChI is InChI=1S/C13H19BrN2O3S/c1-9(10-4-3-5-11(14)8-10)16-13(17)12(15)6-7-20(2,18)19/h3-5,8-9,12H,6-7,15H2,1-2H3,(H,16,17)/t9-,12?/m1/s1. The van der Waals surface area contributed by atoms with Crippen molar-refractivity contribution in [1.29, 1.82) is 0 Å². The third-order valence-electron chi connectivity index (χ3n) is 2.84. The molecule has 0 bridgehead atoms. The van der Waals surface area contributed by atoms with Crippen molar-refractivity contribution in [2.45, 2.75) is 25.4 Å². The molecule has 2 atom stereocenters. The molecule has 0 aliphatic rings. The van der Waals surface area contributed by atoms with Gasteiger partial charge in [-0.05, 0) is 31.0 Å². The summed E-state index contributed by atoms with van der Waals surface area (Å²) in [6.45, 7) is 1.85. The predicted octanol–water partition coefficient (Wildman–Crippen LogP) is 1.39. The molecule has 0 saturated carbocycles. The third-order valence-corrected chi connectivity index (χ3v) is 4.31. The molecule has 0 spiro atoms. The summed E-state index contributed by atoms with van der Waals surface area (Å²) in [5.74, 6) is -0.437. The van der Waals surface area contributed by atoms with Crippen LogP contribution in [0, 0.1) is 0 Å². The van der Waals surface area contributed by atoms with Crippen LogP contribution in [0.4, 0.5) is 0 Å². The molecule has 112 valence electrons. The van der Waals surface area contributed by atoms with Crippen LogP contribution in [0.3, 0.4) is 0 Å². The van der Waals surface area contributed by atoms with E-state index in [0.717, 1.165) is 16.3 Å². The largest absolute Gasteiger partial charge is 0.348 e. The molecule has 5 nitrogen and oxygen atoms in total. The number of hydrogen-bond donors (Lipinski definition) is 2. The van der Waals surface area contributed by atoms with E-state index in [-0.39, 0.29) is 24.1 Å². The predicted molar refractivity (Wildman–Crippen MR) is 83.0 cm³/mol. The minimum atomic E-state index is -3.11. The van der Waals surface area contributed by atoms with E-state index in [1.165, 1.54) is 0 Å². The van der Waals surface area contributed by atoms with Crippen molar-refractivity contribution in [2.24, 2.45) is 5.73 Å². The number of nitrogens with two attached hydrogens (primary N) is 1. The first-order chi connectivity index (χ1) is 9.19. The fraction of sp³-hybridized carbons (Fsp3) is 0.462. The van der Waals surface area contributed by atoms with Crippen molar-refractivity contribution >= 4 is 31.7 Å². The molecule has 1 amide bonds. The second-order valence-corrected chi connectivity index (χ2v) is 7.99. The van der Waals surface area contributed by atoms with Gasteiger partial charge in [-0.15, -0.1) is 0 Å². The van der Waals surface area contributed by atoms with E-state index in [2.05, 4.69) is 21.2 Å². The first kappa shape index (κ1) is 17.1. The van der Waals surface area contributed by atoms with Gasteiger partial charge in [-0.1, -0.05) is 28.1 Å². The van der Waals surface area contributed by atoms with Gasteiger partial charge in [0.25, 0.3) is 0 Å². The zero-order chi connectivity index (χ0) is 15.3. The molecule has 0 aromatic heterocycles. The Balaban J connectivity index is 2.57. The van der Waals surface area contributed by atoms with Gasteiger partial charge in [0.15, 0.2) is 0 Å². The van der Waals surface area contributed by atoms with Crippen LogP contribution in [0.25, 0.3) is 0 Å². The smallest absolute Gasteiger partial charge is 0.237 e. The minimum Gasteiger partial charge on any atom is -0.348 e. The topological polar surface area (TPSA) is 89.3 Å². The van der Waals surface area contributed by atoms with E-state index in [1.54, 1.807) is 0 Å². The fourth-order valence-corrected chi connectivity index (χ4v) is 2.75. The van der Waals surface area contributed by atoms with Crippen molar-refractivity contribution < 1.29 is 13.2 Å². The van der Waals surface area contributed by atoms with E-state index in [0.29, 0.717) is 0 Å². The molecular formula is C13H19BrN2O3S. The highest BCUT2D eigenvalue weighted by atomic mass is 79.9. The van der Waals surface area contributed by atoms with Crippen LogP contribution in [0.2, 0.25) is 0 Å². The van der Waals surface area contributed by atoms with E-state index in [1.807, 2.05) is 31.2 Å². The maximum absolute atomic E-state index is 11.9. The Morgan fingerprint density at radius 1 is 1.45 bits per heavy atom. The number of amides is 1. The molecule has 0 fully saturated rings. The molecule has 3 N–H and O–H groups in total. The lowest BCUT2D eigenvalue weighted by Gasteiger charge is -2.18. The van der Waals surface area contributed by atoms with Gasteiger partial charge in [-0.25, -0.2) is 8.42 Å². The van der Waals surface area contributed by atoms with Crippen LogP contribution in [0.5, 0.6) is 0 Å². The molecule has 0 aliphatic carbocycles. The lowest BCUT2D eigenvalue weighted by molar-refractivity contribution is -0.123. The van der Waals surface area contributed by atoms with Crippen molar-refractivity contribution in [2.75, 3.05) is 12.0 Å². The maximum atomic E-state index is 11.9. The zero-order valence-corrected chi connectivity index (χ0v) is 13.9. The number of rotatable bonds is 6. The maximum Gasteiger partial charge on any atom is 0.237 e. The van der Waals surface area contributed by atoms with Gasteiger partial charge < -0.3 is 11.1 Å². The summed E-state index contributed by atoms with van der Waals surface area (Å²) in [5.41, 5.74) is 6.64. The number of carbonyl (C=O) groups excluding carboxylic acids is 1. The van der Waals surface area contributed by atoms with Gasteiger partial charge in [0.2, 0.25) is 5.91 Å². The monoisotopic (exact) mass is 362 g/mol. The summed E-state index contributed by atoms with van der Waals surface area (Å²) >= 11 is 3.37. The summed E-state index contributed by atoms with van der Waals surface area (Å²) in [7, 11) is -3.11. The highest BCUT2D eigenvalue weighted by molar-refractivity contribution is 9.10. The highest BCUT2D eigenvalue weighted by Gasteiger charge is 2.18. The average molecular weight is 363 g/mol. The van der Waals surface area contributed by atoms with Crippen molar-refractivity contribution in [3.8, 4) is 0 Å². The first-order valence-electron chi connectivity index (χ1n) is 6.18. The molecule has 1 aromatic rings. The molecule has 1 rings (SSSR count). The Morgan fingerprint density at radius 2 is 2.10 bits per heavy atom. The molecule has 0 aliphatic heterocycles. The Kier molecular flexibility index (Phi) is 6.16. The quantitative estimate of drug-likeness (QED) is 0.799. The van der Waals surface area contributed by atoms with Crippen LogP contribution in [0.1, 0.15) is 24.9 Å². The van der Waals surface area contributed by atoms with Gasteiger partial charge in [-0.2, -0.15) is 0 Å². The van der Waals surface area contributed by atoms with Crippen molar-refractivity contribution in [3.63, 3.8) is 0 Å². The Bertz CT molecular complexity index is 575. The molecule has 0 heterocycles. The number of sulfone groups is 1. The minimum absolute atomic E-state index is 0.0904. The van der Waals surface area contributed by atoms with Crippen LogP contribution >= 0.6 is 15.9 Å². The first-order valence-corrected chi connectivity index (χ1v) is 9.03. The van der Waals surface area contributed by atoms with Gasteiger partial charge in [0.1, 0.15) is 9.84 Å². The van der Waals surface area contributed by atoms with Gasteiger partial charge in [0.05, 0.1) is 17.8 Å². The van der Waals surface area contributed by atoms with E-state index >= 15 is 0 Å². The molecule has 0 saturated heterocycles. The highest BCUT2D eigenvalue weighted by Crippen LogP contribution is 2.17. The number of nitrogens with one attached hydrogen (secondary N) is 1. The third kappa shape index (κ3) is 6.02. The van der Waals surface area contributed by atoms with Crippen LogP contribution in [-0.2, 0) is 14.6 Å². The van der Waals surface area contributed by atoms with E-state index in [9.17, 15) is 13.2 Å². The molecule has 7 heteroatoms. The van der Waals surface area contributed by atoms with Gasteiger partial charge in [0, 0.05) is 10.7 Å². The number of carbonyl (C=O) groups is 1. The SMILES string of the molecule is C[C@@H](NC(=O)C(N)CCS(C)(=O)=O)c1cccc(Br)c1.